The molecule has 0 saturated heterocycles. The summed E-state index contributed by atoms with van der Waals surface area (Å²) in [5.74, 6) is -0.762. The van der Waals surface area contributed by atoms with Gasteiger partial charge in [-0.1, -0.05) is 22.9 Å². The van der Waals surface area contributed by atoms with Crippen molar-refractivity contribution in [2.75, 3.05) is 11.9 Å². The summed E-state index contributed by atoms with van der Waals surface area (Å²) >= 11 is 3.32. The number of nitrogens with one attached hydrogen (secondary N) is 1. The molecule has 26 heavy (non-hydrogen) atoms. The smallest absolute Gasteiger partial charge is 0.340 e. The number of carbonyl (C=O) groups excluding carboxylic acids is 2. The second kappa shape index (κ2) is 7.61. The zero-order valence-electron chi connectivity index (χ0n) is 14.2. The van der Waals surface area contributed by atoms with Crippen LogP contribution in [-0.4, -0.2) is 38.1 Å². The van der Waals surface area contributed by atoms with Gasteiger partial charge in [-0.05, 0) is 37.6 Å². The number of hydrogen-bond acceptors (Lipinski definition) is 6. The number of carbonyl (C=O) groups is 2. The molecule has 0 radical (unpaired) electrons. The first-order chi connectivity index (χ1) is 12.5. The summed E-state index contributed by atoms with van der Waals surface area (Å²) in [7, 11) is 0. The van der Waals surface area contributed by atoms with Crippen molar-refractivity contribution in [3.8, 4) is 0 Å². The number of esters is 1. The molecule has 2 aromatic heterocycles. The van der Waals surface area contributed by atoms with Crippen LogP contribution in [0.2, 0.25) is 0 Å². The minimum atomic E-state index is -0.540. The number of hydrogen-bond donors (Lipinski definition) is 1. The first kappa shape index (κ1) is 18.0. The normalized spacial score (nSPS) is 10.7. The third-order valence-electron chi connectivity index (χ3n) is 3.52. The maximum atomic E-state index is 12.5. The molecular weight excluding hydrogens is 402 g/mol. The largest absolute Gasteiger partial charge is 0.462 e. The van der Waals surface area contributed by atoms with E-state index in [9.17, 15) is 9.59 Å². The highest BCUT2D eigenvalue weighted by molar-refractivity contribution is 9.10. The van der Waals surface area contributed by atoms with E-state index >= 15 is 0 Å². The van der Waals surface area contributed by atoms with E-state index in [0.717, 1.165) is 5.69 Å². The zero-order valence-corrected chi connectivity index (χ0v) is 15.8. The van der Waals surface area contributed by atoms with Crippen LogP contribution in [0.4, 0.5) is 5.69 Å². The summed E-state index contributed by atoms with van der Waals surface area (Å²) in [4.78, 5) is 33.0. The molecule has 2 heterocycles. The molecule has 1 amide bonds. The average molecular weight is 418 g/mol. The van der Waals surface area contributed by atoms with Crippen molar-refractivity contribution in [3.63, 3.8) is 0 Å². The minimum absolute atomic E-state index is 0.0393. The SMILES string of the molecule is CCCOC(=O)c1cc(Br)ccc1NC(=O)c1nc2nccc(C)n2n1. The van der Waals surface area contributed by atoms with Crippen molar-refractivity contribution in [2.45, 2.75) is 20.3 Å². The van der Waals surface area contributed by atoms with Crippen molar-refractivity contribution in [1.29, 1.82) is 0 Å². The Morgan fingerprint density at radius 2 is 2.12 bits per heavy atom. The van der Waals surface area contributed by atoms with Crippen LogP contribution in [0.5, 0.6) is 0 Å². The third-order valence-corrected chi connectivity index (χ3v) is 4.01. The average Bonchev–Trinajstić information content (AvgIpc) is 3.07. The van der Waals surface area contributed by atoms with Crippen molar-refractivity contribution in [2.24, 2.45) is 0 Å². The molecule has 0 spiro atoms. The van der Waals surface area contributed by atoms with Crippen LogP contribution in [-0.2, 0) is 4.74 Å². The van der Waals surface area contributed by atoms with Crippen LogP contribution >= 0.6 is 15.9 Å². The van der Waals surface area contributed by atoms with Crippen molar-refractivity contribution in [1.82, 2.24) is 19.6 Å². The van der Waals surface area contributed by atoms with Gasteiger partial charge in [-0.25, -0.2) is 14.3 Å². The molecule has 1 aromatic carbocycles. The number of rotatable bonds is 5. The predicted molar refractivity (Wildman–Crippen MR) is 98.2 cm³/mol. The highest BCUT2D eigenvalue weighted by Gasteiger charge is 2.19. The van der Waals surface area contributed by atoms with Crippen LogP contribution in [0.1, 0.15) is 40.0 Å². The Labute approximate surface area is 157 Å². The van der Waals surface area contributed by atoms with E-state index < -0.39 is 11.9 Å². The van der Waals surface area contributed by atoms with Crippen LogP contribution in [0, 0.1) is 6.92 Å². The quantitative estimate of drug-likeness (QED) is 0.640. The number of aryl methyl sites for hydroxylation is 1. The number of aromatic nitrogens is 4. The van der Waals surface area contributed by atoms with Crippen molar-refractivity contribution in [3.05, 3.63) is 52.0 Å². The molecule has 3 rings (SSSR count). The number of halogens is 1. The highest BCUT2D eigenvalue weighted by atomic mass is 79.9. The molecule has 1 N–H and O–H groups in total. The van der Waals surface area contributed by atoms with Gasteiger partial charge in [0, 0.05) is 16.4 Å². The van der Waals surface area contributed by atoms with Crippen molar-refractivity contribution >= 4 is 39.3 Å². The first-order valence-corrected chi connectivity index (χ1v) is 8.75. The van der Waals surface area contributed by atoms with E-state index in [1.54, 1.807) is 30.5 Å². The summed E-state index contributed by atoms with van der Waals surface area (Å²) in [6.45, 7) is 4.04. The van der Waals surface area contributed by atoms with Crippen molar-refractivity contribution < 1.29 is 14.3 Å². The molecule has 3 aromatic rings. The lowest BCUT2D eigenvalue weighted by Crippen LogP contribution is -2.17. The molecule has 8 nitrogen and oxygen atoms in total. The fourth-order valence-corrected chi connectivity index (χ4v) is 2.61. The van der Waals surface area contributed by atoms with Crippen LogP contribution in [0.3, 0.4) is 0 Å². The van der Waals surface area contributed by atoms with Gasteiger partial charge in [-0.2, -0.15) is 4.98 Å². The Bertz CT molecular complexity index is 986. The second-order valence-corrected chi connectivity index (χ2v) is 6.43. The van der Waals surface area contributed by atoms with Gasteiger partial charge in [-0.3, -0.25) is 4.79 Å². The highest BCUT2D eigenvalue weighted by Crippen LogP contribution is 2.22. The topological polar surface area (TPSA) is 98.5 Å². The van der Waals surface area contributed by atoms with Gasteiger partial charge in [0.25, 0.3) is 11.7 Å². The predicted octanol–water partition coefficient (Wildman–Crippen LogP) is 3.01. The molecule has 0 fully saturated rings. The molecule has 0 aliphatic heterocycles. The Morgan fingerprint density at radius 1 is 1.31 bits per heavy atom. The first-order valence-electron chi connectivity index (χ1n) is 7.96. The zero-order chi connectivity index (χ0) is 18.7. The van der Waals surface area contributed by atoms with Crippen LogP contribution in [0.15, 0.2) is 34.9 Å². The number of anilines is 1. The van der Waals surface area contributed by atoms with Gasteiger partial charge in [0.15, 0.2) is 0 Å². The Morgan fingerprint density at radius 3 is 2.85 bits per heavy atom. The molecule has 0 unspecified atom stereocenters. The van der Waals surface area contributed by atoms with Gasteiger partial charge < -0.3 is 10.1 Å². The van der Waals surface area contributed by atoms with Crippen LogP contribution < -0.4 is 5.32 Å². The van der Waals surface area contributed by atoms with E-state index in [-0.39, 0.29) is 11.4 Å². The summed E-state index contributed by atoms with van der Waals surface area (Å²) in [6, 6.07) is 6.69. The van der Waals surface area contributed by atoms with Crippen LogP contribution in [0.25, 0.3) is 5.78 Å². The standard InChI is InChI=1S/C17H16BrN5O3/c1-3-8-26-16(25)12-9-11(18)4-5-13(12)20-15(24)14-21-17-19-7-6-10(2)23(17)22-14/h4-7,9H,3,8H2,1-2H3,(H,20,24). The summed E-state index contributed by atoms with van der Waals surface area (Å²) < 4.78 is 7.35. The molecule has 0 saturated carbocycles. The number of ether oxygens (including phenoxy) is 1. The van der Waals surface area contributed by atoms with E-state index in [0.29, 0.717) is 29.0 Å². The minimum Gasteiger partial charge on any atom is -0.462 e. The van der Waals surface area contributed by atoms with Gasteiger partial charge in [0.05, 0.1) is 17.9 Å². The van der Waals surface area contributed by atoms with E-state index in [1.807, 2.05) is 13.8 Å². The molecule has 0 bridgehead atoms. The Balaban J connectivity index is 1.88. The molecule has 0 aliphatic rings. The fraction of sp³-hybridized carbons (Fsp3) is 0.235. The Kier molecular flexibility index (Phi) is 5.27. The molecule has 9 heteroatoms. The van der Waals surface area contributed by atoms with Gasteiger partial charge >= 0.3 is 5.97 Å². The summed E-state index contributed by atoms with van der Waals surface area (Å²) in [5.41, 5.74) is 1.37. The molecule has 0 atom stereocenters. The third kappa shape index (κ3) is 3.72. The van der Waals surface area contributed by atoms with E-state index in [4.69, 9.17) is 4.74 Å². The number of benzene rings is 1. The summed E-state index contributed by atoms with van der Waals surface area (Å²) in [5, 5.41) is 6.82. The molecule has 134 valence electrons. The maximum absolute atomic E-state index is 12.5. The fourth-order valence-electron chi connectivity index (χ4n) is 2.25. The van der Waals surface area contributed by atoms with E-state index in [2.05, 4.69) is 36.3 Å². The molecular formula is C17H16BrN5O3. The van der Waals surface area contributed by atoms with Gasteiger partial charge in [0.2, 0.25) is 5.82 Å². The van der Waals surface area contributed by atoms with E-state index in [1.165, 1.54) is 4.52 Å². The lowest BCUT2D eigenvalue weighted by Gasteiger charge is -2.10. The van der Waals surface area contributed by atoms with Gasteiger partial charge in [0.1, 0.15) is 0 Å². The number of nitrogens with zero attached hydrogens (tertiary/aromatic N) is 4. The van der Waals surface area contributed by atoms with Gasteiger partial charge in [-0.15, -0.1) is 5.10 Å². The second-order valence-electron chi connectivity index (χ2n) is 5.51. The Hall–Kier alpha value is -2.81. The monoisotopic (exact) mass is 417 g/mol. The lowest BCUT2D eigenvalue weighted by molar-refractivity contribution is 0.0506. The maximum Gasteiger partial charge on any atom is 0.340 e. The number of fused-ring (bicyclic) bond motifs is 1. The number of amides is 1. The molecule has 0 aliphatic carbocycles. The summed E-state index contributed by atoms with van der Waals surface area (Å²) in [6.07, 6.45) is 2.30. The lowest BCUT2D eigenvalue weighted by atomic mass is 10.2.